The van der Waals surface area contributed by atoms with Crippen LogP contribution >= 0.6 is 15.9 Å². The highest BCUT2D eigenvalue weighted by Gasteiger charge is 2.19. The maximum atomic E-state index is 11.9. The van der Waals surface area contributed by atoms with Crippen molar-refractivity contribution in [1.82, 2.24) is 9.88 Å². The number of likely N-dealkylation sites (tertiary alicyclic amines) is 1. The Kier molecular flexibility index (Phi) is 5.30. The summed E-state index contributed by atoms with van der Waals surface area (Å²) in [5.41, 5.74) is 5.65. The van der Waals surface area contributed by atoms with Crippen LogP contribution in [0.4, 0.5) is 5.82 Å². The Morgan fingerprint density at radius 2 is 2.21 bits per heavy atom. The number of nitrogens with one attached hydrogen (secondary N) is 1. The molecule has 2 rings (SSSR count). The summed E-state index contributed by atoms with van der Waals surface area (Å²) in [6.45, 7) is 3.07. The van der Waals surface area contributed by atoms with Crippen LogP contribution in [0.1, 0.15) is 12.8 Å². The van der Waals surface area contributed by atoms with E-state index in [0.717, 1.165) is 36.9 Å². The number of hydrogen-bond donors (Lipinski definition) is 2. The minimum Gasteiger partial charge on any atom is -0.330 e. The minimum absolute atomic E-state index is 0.0129. The Balaban J connectivity index is 1.77. The van der Waals surface area contributed by atoms with Gasteiger partial charge < -0.3 is 11.1 Å². The minimum atomic E-state index is -0.0129. The molecular formula is C13H19BrN4O. The van der Waals surface area contributed by atoms with Gasteiger partial charge in [0, 0.05) is 10.7 Å². The summed E-state index contributed by atoms with van der Waals surface area (Å²) in [7, 11) is 0. The van der Waals surface area contributed by atoms with Gasteiger partial charge in [-0.25, -0.2) is 4.98 Å². The standard InChI is InChI=1S/C13H19BrN4O/c14-11-1-2-12(16-8-11)17-13(19)9-18-5-3-10(7-15)4-6-18/h1-2,8,10H,3-7,9,15H2,(H,16,17,19). The summed E-state index contributed by atoms with van der Waals surface area (Å²) >= 11 is 3.31. The molecule has 1 aliphatic rings. The predicted molar refractivity (Wildman–Crippen MR) is 78.8 cm³/mol. The van der Waals surface area contributed by atoms with Crippen LogP contribution in [0, 0.1) is 5.92 Å². The Labute approximate surface area is 121 Å². The number of anilines is 1. The van der Waals surface area contributed by atoms with Gasteiger partial charge in [0.25, 0.3) is 0 Å². The average molecular weight is 327 g/mol. The van der Waals surface area contributed by atoms with E-state index in [1.165, 1.54) is 0 Å². The molecule has 0 atom stereocenters. The first kappa shape index (κ1) is 14.4. The SMILES string of the molecule is NCC1CCN(CC(=O)Nc2ccc(Br)cn2)CC1. The second-order valence-electron chi connectivity index (χ2n) is 4.87. The lowest BCUT2D eigenvalue weighted by Crippen LogP contribution is -2.40. The molecule has 1 saturated heterocycles. The number of halogens is 1. The number of pyridine rings is 1. The molecule has 1 aromatic rings. The number of carbonyl (C=O) groups is 1. The molecular weight excluding hydrogens is 308 g/mol. The van der Waals surface area contributed by atoms with Crippen molar-refractivity contribution in [2.45, 2.75) is 12.8 Å². The highest BCUT2D eigenvalue weighted by atomic mass is 79.9. The smallest absolute Gasteiger partial charge is 0.239 e. The van der Waals surface area contributed by atoms with Gasteiger partial charge in [-0.1, -0.05) is 0 Å². The van der Waals surface area contributed by atoms with Gasteiger partial charge in [-0.2, -0.15) is 0 Å². The molecule has 19 heavy (non-hydrogen) atoms. The normalized spacial score (nSPS) is 17.4. The number of carbonyl (C=O) groups excluding carboxylic acids is 1. The van der Waals surface area contributed by atoms with Crippen molar-refractivity contribution < 1.29 is 4.79 Å². The van der Waals surface area contributed by atoms with E-state index in [1.54, 1.807) is 12.3 Å². The molecule has 0 unspecified atom stereocenters. The number of amides is 1. The maximum Gasteiger partial charge on any atom is 0.239 e. The predicted octanol–water partition coefficient (Wildman–Crippen LogP) is 1.45. The van der Waals surface area contributed by atoms with Crippen molar-refractivity contribution in [3.8, 4) is 0 Å². The molecule has 0 saturated carbocycles. The third kappa shape index (κ3) is 4.56. The second kappa shape index (κ2) is 6.98. The molecule has 2 heterocycles. The lowest BCUT2D eigenvalue weighted by molar-refractivity contribution is -0.117. The molecule has 1 amide bonds. The Morgan fingerprint density at radius 1 is 1.47 bits per heavy atom. The highest BCUT2D eigenvalue weighted by molar-refractivity contribution is 9.10. The summed E-state index contributed by atoms with van der Waals surface area (Å²) in [6.07, 6.45) is 3.84. The van der Waals surface area contributed by atoms with Crippen LogP contribution in [0.5, 0.6) is 0 Å². The number of nitrogens with zero attached hydrogens (tertiary/aromatic N) is 2. The van der Waals surface area contributed by atoms with Gasteiger partial charge in [-0.15, -0.1) is 0 Å². The van der Waals surface area contributed by atoms with Crippen molar-refractivity contribution in [1.29, 1.82) is 0 Å². The van der Waals surface area contributed by atoms with E-state index in [2.05, 4.69) is 31.1 Å². The summed E-state index contributed by atoms with van der Waals surface area (Å²) < 4.78 is 0.898. The Bertz CT molecular complexity index is 415. The van der Waals surface area contributed by atoms with Crippen molar-refractivity contribution in [2.24, 2.45) is 11.7 Å². The van der Waals surface area contributed by atoms with Gasteiger partial charge in [0.15, 0.2) is 0 Å². The molecule has 1 fully saturated rings. The molecule has 104 valence electrons. The van der Waals surface area contributed by atoms with Gasteiger partial charge in [-0.05, 0) is 66.5 Å². The topological polar surface area (TPSA) is 71.2 Å². The first-order chi connectivity index (χ1) is 9.17. The third-order valence-electron chi connectivity index (χ3n) is 3.40. The van der Waals surface area contributed by atoms with Crippen LogP contribution in [0.3, 0.4) is 0 Å². The van der Waals surface area contributed by atoms with Crippen molar-refractivity contribution in [2.75, 3.05) is 31.5 Å². The average Bonchev–Trinajstić information content (AvgIpc) is 2.42. The van der Waals surface area contributed by atoms with Crippen LogP contribution in [0.2, 0.25) is 0 Å². The van der Waals surface area contributed by atoms with E-state index < -0.39 is 0 Å². The Morgan fingerprint density at radius 3 is 2.79 bits per heavy atom. The molecule has 0 radical (unpaired) electrons. The van der Waals surface area contributed by atoms with E-state index in [9.17, 15) is 4.79 Å². The van der Waals surface area contributed by atoms with Gasteiger partial charge in [0.1, 0.15) is 5.82 Å². The number of rotatable bonds is 4. The van der Waals surface area contributed by atoms with Crippen molar-refractivity contribution in [3.05, 3.63) is 22.8 Å². The zero-order valence-electron chi connectivity index (χ0n) is 10.8. The number of piperidine rings is 1. The van der Waals surface area contributed by atoms with Gasteiger partial charge in [-0.3, -0.25) is 9.69 Å². The van der Waals surface area contributed by atoms with Gasteiger partial charge >= 0.3 is 0 Å². The van der Waals surface area contributed by atoms with Crippen molar-refractivity contribution in [3.63, 3.8) is 0 Å². The Hall–Kier alpha value is -0.980. The van der Waals surface area contributed by atoms with Crippen LogP contribution in [-0.2, 0) is 4.79 Å². The first-order valence-corrected chi connectivity index (χ1v) is 7.30. The van der Waals surface area contributed by atoms with Gasteiger partial charge in [0.2, 0.25) is 5.91 Å². The molecule has 5 nitrogen and oxygen atoms in total. The first-order valence-electron chi connectivity index (χ1n) is 6.51. The molecule has 0 aromatic carbocycles. The monoisotopic (exact) mass is 326 g/mol. The number of nitrogens with two attached hydrogens (primary N) is 1. The second-order valence-corrected chi connectivity index (χ2v) is 5.78. The number of aromatic nitrogens is 1. The molecule has 1 aromatic heterocycles. The highest BCUT2D eigenvalue weighted by Crippen LogP contribution is 2.15. The lowest BCUT2D eigenvalue weighted by Gasteiger charge is -2.30. The molecule has 0 bridgehead atoms. The summed E-state index contributed by atoms with van der Waals surface area (Å²) in [4.78, 5) is 18.2. The van der Waals surface area contributed by atoms with Crippen LogP contribution < -0.4 is 11.1 Å². The van der Waals surface area contributed by atoms with E-state index in [-0.39, 0.29) is 5.91 Å². The van der Waals surface area contributed by atoms with Crippen molar-refractivity contribution >= 4 is 27.7 Å². The fourth-order valence-corrected chi connectivity index (χ4v) is 2.45. The molecule has 0 spiro atoms. The fourth-order valence-electron chi connectivity index (χ4n) is 2.22. The third-order valence-corrected chi connectivity index (χ3v) is 3.87. The zero-order valence-corrected chi connectivity index (χ0v) is 12.4. The quantitative estimate of drug-likeness (QED) is 0.878. The maximum absolute atomic E-state index is 11.9. The van der Waals surface area contributed by atoms with Crippen LogP contribution in [0.25, 0.3) is 0 Å². The van der Waals surface area contributed by atoms with E-state index >= 15 is 0 Å². The lowest BCUT2D eigenvalue weighted by atomic mass is 9.97. The van der Waals surface area contributed by atoms with E-state index in [1.807, 2.05) is 6.07 Å². The molecule has 1 aliphatic heterocycles. The van der Waals surface area contributed by atoms with Crippen LogP contribution in [0.15, 0.2) is 22.8 Å². The van der Waals surface area contributed by atoms with Crippen LogP contribution in [-0.4, -0.2) is 42.0 Å². The summed E-state index contributed by atoms with van der Waals surface area (Å²) in [5.74, 6) is 1.19. The molecule has 0 aliphatic carbocycles. The van der Waals surface area contributed by atoms with E-state index in [4.69, 9.17) is 5.73 Å². The molecule has 6 heteroatoms. The summed E-state index contributed by atoms with van der Waals surface area (Å²) in [5, 5.41) is 2.80. The largest absolute Gasteiger partial charge is 0.330 e. The zero-order chi connectivity index (χ0) is 13.7. The summed E-state index contributed by atoms with van der Waals surface area (Å²) in [6, 6.07) is 3.64. The molecule has 3 N–H and O–H groups in total. The number of hydrogen-bond acceptors (Lipinski definition) is 4. The van der Waals surface area contributed by atoms with E-state index in [0.29, 0.717) is 18.3 Å². The fraction of sp³-hybridized carbons (Fsp3) is 0.538. The van der Waals surface area contributed by atoms with Gasteiger partial charge in [0.05, 0.1) is 6.54 Å².